The lowest BCUT2D eigenvalue weighted by Crippen LogP contribution is -2.19. The van der Waals surface area contributed by atoms with Crippen LogP contribution in [0.5, 0.6) is 5.75 Å². The third-order valence-electron chi connectivity index (χ3n) is 2.98. The fraction of sp³-hybridized carbons (Fsp3) is 0.538. The molecule has 0 aliphatic heterocycles. The molecule has 1 saturated carbocycles. The van der Waals surface area contributed by atoms with Gasteiger partial charge >= 0.3 is 0 Å². The minimum Gasteiger partial charge on any atom is -0.496 e. The van der Waals surface area contributed by atoms with Gasteiger partial charge < -0.3 is 15.2 Å². The lowest BCUT2D eigenvalue weighted by molar-refractivity contribution is 0.162. The third-order valence-corrected chi connectivity index (χ3v) is 3.21. The Bertz CT molecular complexity index is 380. The number of hydrogen-bond acceptors (Lipinski definition) is 3. The van der Waals surface area contributed by atoms with Gasteiger partial charge in [0.1, 0.15) is 5.75 Å². The van der Waals surface area contributed by atoms with Gasteiger partial charge in [-0.05, 0) is 44.0 Å². The van der Waals surface area contributed by atoms with Gasteiger partial charge in [-0.1, -0.05) is 11.6 Å². The van der Waals surface area contributed by atoms with Crippen molar-refractivity contribution < 1.29 is 9.84 Å². The summed E-state index contributed by atoms with van der Waals surface area (Å²) in [4.78, 5) is 0. The second kappa shape index (κ2) is 5.71. The predicted molar refractivity (Wildman–Crippen MR) is 68.6 cm³/mol. The Morgan fingerprint density at radius 1 is 1.53 bits per heavy atom. The lowest BCUT2D eigenvalue weighted by Gasteiger charge is -2.15. The third kappa shape index (κ3) is 3.60. The molecule has 1 unspecified atom stereocenters. The molecule has 0 aromatic heterocycles. The van der Waals surface area contributed by atoms with E-state index in [1.165, 1.54) is 12.8 Å². The van der Waals surface area contributed by atoms with Gasteiger partial charge in [0.15, 0.2) is 0 Å². The summed E-state index contributed by atoms with van der Waals surface area (Å²) < 4.78 is 5.22. The van der Waals surface area contributed by atoms with Crippen molar-refractivity contribution in [3.05, 3.63) is 28.8 Å². The van der Waals surface area contributed by atoms with E-state index in [2.05, 4.69) is 5.32 Å². The number of rotatable bonds is 6. The molecule has 2 rings (SSSR count). The normalized spacial score (nSPS) is 16.9. The number of aliphatic hydroxyl groups excluding tert-OH is 1. The smallest absolute Gasteiger partial charge is 0.124 e. The van der Waals surface area contributed by atoms with Gasteiger partial charge in [0.2, 0.25) is 0 Å². The summed E-state index contributed by atoms with van der Waals surface area (Å²) in [6.45, 7) is 0.821. The van der Waals surface area contributed by atoms with E-state index in [4.69, 9.17) is 16.3 Å². The molecule has 1 aromatic carbocycles. The molecule has 1 aromatic rings. The molecule has 1 fully saturated rings. The quantitative estimate of drug-likeness (QED) is 0.821. The van der Waals surface area contributed by atoms with Crippen molar-refractivity contribution in [2.24, 2.45) is 0 Å². The van der Waals surface area contributed by atoms with Crippen LogP contribution in [0.4, 0.5) is 0 Å². The van der Waals surface area contributed by atoms with Crippen molar-refractivity contribution in [3.63, 3.8) is 0 Å². The number of hydrogen-bond donors (Lipinski definition) is 2. The number of halogens is 1. The molecule has 17 heavy (non-hydrogen) atoms. The van der Waals surface area contributed by atoms with Gasteiger partial charge in [-0.3, -0.25) is 0 Å². The van der Waals surface area contributed by atoms with Crippen LogP contribution >= 0.6 is 11.6 Å². The zero-order valence-electron chi connectivity index (χ0n) is 9.95. The van der Waals surface area contributed by atoms with Gasteiger partial charge in [-0.25, -0.2) is 0 Å². The Morgan fingerprint density at radius 3 is 2.94 bits per heavy atom. The van der Waals surface area contributed by atoms with E-state index in [0.717, 1.165) is 12.1 Å². The average molecular weight is 256 g/mol. The molecule has 2 N–H and O–H groups in total. The molecule has 94 valence electrons. The van der Waals surface area contributed by atoms with E-state index < -0.39 is 6.10 Å². The zero-order valence-corrected chi connectivity index (χ0v) is 10.7. The Hall–Kier alpha value is -0.770. The highest BCUT2D eigenvalue weighted by Crippen LogP contribution is 2.30. The van der Waals surface area contributed by atoms with Gasteiger partial charge in [0.25, 0.3) is 0 Å². The maximum atomic E-state index is 10.1. The molecule has 1 aliphatic rings. The number of benzene rings is 1. The Morgan fingerprint density at radius 2 is 2.29 bits per heavy atom. The van der Waals surface area contributed by atoms with Crippen LogP contribution < -0.4 is 10.1 Å². The highest BCUT2D eigenvalue weighted by atomic mass is 35.5. The van der Waals surface area contributed by atoms with Crippen LogP contribution in [0.1, 0.15) is 30.9 Å². The Kier molecular flexibility index (Phi) is 4.26. The van der Waals surface area contributed by atoms with Crippen molar-refractivity contribution >= 4 is 11.6 Å². The number of nitrogens with one attached hydrogen (secondary N) is 1. The lowest BCUT2D eigenvalue weighted by atomic mass is 10.1. The summed E-state index contributed by atoms with van der Waals surface area (Å²) in [6, 6.07) is 5.99. The molecule has 0 radical (unpaired) electrons. The van der Waals surface area contributed by atoms with Crippen LogP contribution in [0.15, 0.2) is 18.2 Å². The molecule has 4 heteroatoms. The first kappa shape index (κ1) is 12.7. The first-order valence-corrected chi connectivity index (χ1v) is 6.33. The average Bonchev–Trinajstić information content (AvgIpc) is 3.13. The fourth-order valence-corrected chi connectivity index (χ4v) is 2.01. The van der Waals surface area contributed by atoms with Crippen LogP contribution in [0.25, 0.3) is 0 Å². The first-order valence-electron chi connectivity index (χ1n) is 5.95. The standard InChI is InChI=1S/C13H18ClNO2/c1-17-13-5-2-9(14)8-11(13)12(16)6-7-15-10-3-4-10/h2,5,8,10,12,15-16H,3-4,6-7H2,1H3. The van der Waals surface area contributed by atoms with Crippen molar-refractivity contribution in [2.45, 2.75) is 31.4 Å². The van der Waals surface area contributed by atoms with E-state index in [-0.39, 0.29) is 0 Å². The summed E-state index contributed by atoms with van der Waals surface area (Å²) in [5.41, 5.74) is 0.762. The van der Waals surface area contributed by atoms with Crippen LogP contribution in [-0.4, -0.2) is 24.8 Å². The van der Waals surface area contributed by atoms with Crippen molar-refractivity contribution in [3.8, 4) is 5.75 Å². The largest absolute Gasteiger partial charge is 0.496 e. The zero-order chi connectivity index (χ0) is 12.3. The summed E-state index contributed by atoms with van der Waals surface area (Å²) in [5, 5.41) is 14.1. The Balaban J connectivity index is 1.95. The highest BCUT2D eigenvalue weighted by molar-refractivity contribution is 6.30. The topological polar surface area (TPSA) is 41.5 Å². The van der Waals surface area contributed by atoms with E-state index in [1.54, 1.807) is 25.3 Å². The monoisotopic (exact) mass is 255 g/mol. The number of aliphatic hydroxyl groups is 1. The molecule has 1 atom stereocenters. The number of ether oxygens (including phenoxy) is 1. The van der Waals surface area contributed by atoms with Crippen LogP contribution in [0.3, 0.4) is 0 Å². The van der Waals surface area contributed by atoms with Crippen LogP contribution in [-0.2, 0) is 0 Å². The molecule has 0 amide bonds. The maximum Gasteiger partial charge on any atom is 0.124 e. The fourth-order valence-electron chi connectivity index (χ4n) is 1.83. The van der Waals surface area contributed by atoms with Crippen LogP contribution in [0, 0.1) is 0 Å². The second-order valence-corrected chi connectivity index (χ2v) is 4.86. The van der Waals surface area contributed by atoms with Crippen molar-refractivity contribution in [1.82, 2.24) is 5.32 Å². The summed E-state index contributed by atoms with van der Waals surface area (Å²) in [5.74, 6) is 0.688. The molecule has 1 aliphatic carbocycles. The minimum absolute atomic E-state index is 0.533. The molecule has 0 spiro atoms. The van der Waals surface area contributed by atoms with Crippen LogP contribution in [0.2, 0.25) is 5.02 Å². The van der Waals surface area contributed by atoms with E-state index in [1.807, 2.05) is 0 Å². The van der Waals surface area contributed by atoms with Gasteiger partial charge in [-0.2, -0.15) is 0 Å². The second-order valence-electron chi connectivity index (χ2n) is 4.42. The van der Waals surface area contributed by atoms with Gasteiger partial charge in [0.05, 0.1) is 13.2 Å². The molecule has 0 saturated heterocycles. The molecular formula is C13H18ClNO2. The van der Waals surface area contributed by atoms with E-state index in [0.29, 0.717) is 23.2 Å². The molecular weight excluding hydrogens is 238 g/mol. The molecule has 0 heterocycles. The summed E-state index contributed by atoms with van der Waals surface area (Å²) in [7, 11) is 1.60. The van der Waals surface area contributed by atoms with Gasteiger partial charge in [-0.15, -0.1) is 0 Å². The Labute approximate surface area is 107 Å². The van der Waals surface area contributed by atoms with Crippen molar-refractivity contribution in [1.29, 1.82) is 0 Å². The maximum absolute atomic E-state index is 10.1. The summed E-state index contributed by atoms with van der Waals surface area (Å²) in [6.07, 6.45) is 2.66. The first-order chi connectivity index (χ1) is 8.20. The molecule has 0 bridgehead atoms. The predicted octanol–water partition coefficient (Wildman–Crippen LogP) is 2.52. The van der Waals surface area contributed by atoms with E-state index in [9.17, 15) is 5.11 Å². The van der Waals surface area contributed by atoms with Gasteiger partial charge in [0, 0.05) is 16.6 Å². The molecule has 3 nitrogen and oxygen atoms in total. The number of methoxy groups -OCH3 is 1. The SMILES string of the molecule is COc1ccc(Cl)cc1C(O)CCNC1CC1. The minimum atomic E-state index is -0.533. The van der Waals surface area contributed by atoms with E-state index >= 15 is 0 Å². The highest BCUT2D eigenvalue weighted by Gasteiger charge is 2.21. The van der Waals surface area contributed by atoms with Crippen molar-refractivity contribution in [2.75, 3.05) is 13.7 Å². The summed E-state index contributed by atoms with van der Waals surface area (Å²) >= 11 is 5.93.